The van der Waals surface area contributed by atoms with Crippen LogP contribution < -0.4 is 4.74 Å². The number of aliphatic hydroxyl groups is 6. The van der Waals surface area contributed by atoms with Gasteiger partial charge >= 0.3 is 0 Å². The minimum absolute atomic E-state index is 0.220. The molecule has 2 aliphatic heterocycles. The molecule has 0 saturated carbocycles. The van der Waals surface area contributed by atoms with E-state index in [1.807, 2.05) is 0 Å². The Kier molecular flexibility index (Phi) is 7.78. The van der Waals surface area contributed by atoms with Crippen molar-refractivity contribution in [3.63, 3.8) is 0 Å². The van der Waals surface area contributed by atoms with Crippen LogP contribution in [0.5, 0.6) is 17.2 Å². The second kappa shape index (κ2) is 10.0. The van der Waals surface area contributed by atoms with Crippen LogP contribution in [0.4, 0.5) is 0 Å². The summed E-state index contributed by atoms with van der Waals surface area (Å²) in [5, 5.41) is 80.4. The van der Waals surface area contributed by atoms with Gasteiger partial charge in [0, 0.05) is 12.1 Å². The number of carbonyl (C=O) groups excluding carboxylic acids is 1. The number of phenolic OH excluding ortho intramolecular Hbond substituents is 2. The summed E-state index contributed by atoms with van der Waals surface area (Å²) in [4.78, 5) is 11.6. The van der Waals surface area contributed by atoms with Crippen LogP contribution in [0.1, 0.15) is 24.2 Å². The van der Waals surface area contributed by atoms with Crippen LogP contribution in [0.25, 0.3) is 0 Å². The summed E-state index contributed by atoms with van der Waals surface area (Å²) in [6.45, 7) is 1.83. The largest absolute Gasteiger partial charge is 0.507 e. The molecule has 2 aliphatic rings. The van der Waals surface area contributed by atoms with E-state index in [1.165, 1.54) is 6.92 Å². The van der Waals surface area contributed by atoms with Gasteiger partial charge in [-0.3, -0.25) is 4.79 Å². The molecule has 0 radical (unpaired) electrons. The lowest BCUT2D eigenvalue weighted by Gasteiger charge is -2.45. The monoisotopic (exact) mass is 476 g/mol. The van der Waals surface area contributed by atoms with Gasteiger partial charge in [0.15, 0.2) is 18.2 Å². The molecule has 9 unspecified atom stereocenters. The average Bonchev–Trinajstić information content (AvgIpc) is 2.74. The van der Waals surface area contributed by atoms with Crippen molar-refractivity contribution in [1.82, 2.24) is 0 Å². The molecule has 0 bridgehead atoms. The molecular formula is C20H28O13. The second-order valence-corrected chi connectivity index (χ2v) is 8.00. The summed E-state index contributed by atoms with van der Waals surface area (Å²) in [6.07, 6.45) is -15.2. The zero-order valence-corrected chi connectivity index (χ0v) is 17.8. The third-order valence-electron chi connectivity index (χ3n) is 5.60. The molecule has 8 N–H and O–H groups in total. The average molecular weight is 476 g/mol. The predicted molar refractivity (Wildman–Crippen MR) is 105 cm³/mol. The fourth-order valence-electron chi connectivity index (χ4n) is 3.73. The number of ketones is 1. The van der Waals surface area contributed by atoms with Gasteiger partial charge in [0.2, 0.25) is 6.29 Å². The van der Waals surface area contributed by atoms with Crippen molar-refractivity contribution in [3.05, 3.63) is 17.7 Å². The van der Waals surface area contributed by atoms with Gasteiger partial charge in [-0.1, -0.05) is 0 Å². The number of Topliss-reactive ketones (excluding diaryl/α,β-unsaturated/α-hetero) is 1. The number of aromatic hydroxyl groups is 2. The van der Waals surface area contributed by atoms with E-state index in [4.69, 9.17) is 18.9 Å². The Morgan fingerprint density at radius 3 is 2.06 bits per heavy atom. The molecule has 10 atom stereocenters. The van der Waals surface area contributed by atoms with Crippen molar-refractivity contribution in [2.24, 2.45) is 0 Å². The number of aliphatic hydroxyl groups excluding tert-OH is 6. The molecule has 13 heteroatoms. The van der Waals surface area contributed by atoms with E-state index in [9.17, 15) is 45.6 Å². The zero-order chi connectivity index (χ0) is 24.6. The summed E-state index contributed by atoms with van der Waals surface area (Å²) in [5.41, 5.74) is -0.344. The van der Waals surface area contributed by atoms with Crippen molar-refractivity contribution >= 4 is 5.78 Å². The number of phenols is 2. The highest BCUT2D eigenvalue weighted by molar-refractivity contribution is 5.99. The summed E-state index contributed by atoms with van der Waals surface area (Å²) < 4.78 is 21.9. The minimum atomic E-state index is -1.74. The maximum atomic E-state index is 11.6. The van der Waals surface area contributed by atoms with Gasteiger partial charge in [-0.05, 0) is 13.8 Å². The third kappa shape index (κ3) is 5.06. The Morgan fingerprint density at radius 2 is 1.52 bits per heavy atom. The van der Waals surface area contributed by atoms with Gasteiger partial charge in [0.1, 0.15) is 59.4 Å². The molecule has 1 aromatic rings. The molecule has 186 valence electrons. The summed E-state index contributed by atoms with van der Waals surface area (Å²) >= 11 is 0. The zero-order valence-electron chi connectivity index (χ0n) is 17.8. The number of rotatable bonds is 6. The van der Waals surface area contributed by atoms with E-state index in [-0.39, 0.29) is 11.3 Å². The fraction of sp³-hybridized carbons (Fsp3) is 0.650. The second-order valence-electron chi connectivity index (χ2n) is 8.00. The Bertz CT molecular complexity index is 824. The maximum absolute atomic E-state index is 11.6. The Morgan fingerprint density at radius 1 is 0.909 bits per heavy atom. The first-order valence-electron chi connectivity index (χ1n) is 10.2. The topological polar surface area (TPSA) is 216 Å². The van der Waals surface area contributed by atoms with Crippen LogP contribution in [-0.2, 0) is 14.2 Å². The summed E-state index contributed by atoms with van der Waals surface area (Å²) in [7, 11) is 0. The number of carbonyl (C=O) groups is 1. The maximum Gasteiger partial charge on any atom is 0.229 e. The molecule has 2 heterocycles. The van der Waals surface area contributed by atoms with Crippen molar-refractivity contribution < 1.29 is 64.6 Å². The highest BCUT2D eigenvalue weighted by Crippen LogP contribution is 2.35. The minimum Gasteiger partial charge on any atom is -0.507 e. The van der Waals surface area contributed by atoms with Crippen LogP contribution in [0, 0.1) is 0 Å². The molecule has 33 heavy (non-hydrogen) atoms. The van der Waals surface area contributed by atoms with Gasteiger partial charge in [-0.2, -0.15) is 0 Å². The lowest BCUT2D eigenvalue weighted by atomic mass is 9.97. The van der Waals surface area contributed by atoms with Crippen LogP contribution >= 0.6 is 0 Å². The van der Waals surface area contributed by atoms with E-state index in [0.29, 0.717) is 0 Å². The van der Waals surface area contributed by atoms with Gasteiger partial charge in [-0.15, -0.1) is 0 Å². The van der Waals surface area contributed by atoms with Crippen LogP contribution in [0.15, 0.2) is 12.1 Å². The van der Waals surface area contributed by atoms with Crippen molar-refractivity contribution in [1.29, 1.82) is 0 Å². The van der Waals surface area contributed by atoms with Crippen molar-refractivity contribution in [3.8, 4) is 17.2 Å². The first-order valence-corrected chi connectivity index (χ1v) is 10.2. The molecule has 3 rings (SSSR count). The quantitative estimate of drug-likeness (QED) is 0.197. The molecule has 0 spiro atoms. The van der Waals surface area contributed by atoms with Gasteiger partial charge < -0.3 is 59.8 Å². The molecule has 2 fully saturated rings. The first kappa shape index (κ1) is 25.6. The number of ether oxygens (including phenoxy) is 4. The Balaban J connectivity index is 1.88. The van der Waals surface area contributed by atoms with Gasteiger partial charge in [-0.25, -0.2) is 0 Å². The smallest absolute Gasteiger partial charge is 0.229 e. The number of hydrogen-bond acceptors (Lipinski definition) is 13. The first-order chi connectivity index (χ1) is 15.5. The highest BCUT2D eigenvalue weighted by Gasteiger charge is 2.50. The van der Waals surface area contributed by atoms with Crippen molar-refractivity contribution in [2.75, 3.05) is 6.61 Å². The highest BCUT2D eigenvalue weighted by atomic mass is 16.8. The molecule has 0 aliphatic carbocycles. The van der Waals surface area contributed by atoms with E-state index in [0.717, 1.165) is 19.1 Å². The van der Waals surface area contributed by atoms with E-state index in [1.54, 1.807) is 0 Å². The van der Waals surface area contributed by atoms with Crippen LogP contribution in [0.2, 0.25) is 0 Å². The standard InChI is InChI=1S/C20H28O13/c1-6(22)12-9(23)3-8(4-10(12)24)31-20-18(16(28)14(26)11(5-21)32-20)33-19-17(29)15(27)13(25)7(2)30-19/h3-4,7,11,13-21,23-29H,5H2,1-2H3/t7?,11?,13?,14?,15?,16?,17?,18-,19?,20?/m1/s1. The Hall–Kier alpha value is -2.07. The predicted octanol–water partition coefficient (Wildman–Crippen LogP) is -2.67. The van der Waals surface area contributed by atoms with Crippen LogP contribution in [-0.4, -0.2) is 115 Å². The normalized spacial score (nSPS) is 39.3. The number of hydrogen-bond donors (Lipinski definition) is 8. The molecule has 1 aromatic carbocycles. The fourth-order valence-corrected chi connectivity index (χ4v) is 3.73. The van der Waals surface area contributed by atoms with Gasteiger partial charge in [0.25, 0.3) is 0 Å². The molecule has 0 aromatic heterocycles. The Labute approximate surface area is 187 Å². The lowest BCUT2D eigenvalue weighted by Crippen LogP contribution is -2.64. The molecule has 2 saturated heterocycles. The molecule has 0 amide bonds. The van der Waals surface area contributed by atoms with E-state index >= 15 is 0 Å². The van der Waals surface area contributed by atoms with Crippen molar-refractivity contribution in [2.45, 2.75) is 75.3 Å². The lowest BCUT2D eigenvalue weighted by molar-refractivity contribution is -0.354. The van der Waals surface area contributed by atoms with Gasteiger partial charge in [0.05, 0.1) is 12.7 Å². The molecule has 13 nitrogen and oxygen atoms in total. The summed E-state index contributed by atoms with van der Waals surface area (Å²) in [6, 6.07) is 1.99. The van der Waals surface area contributed by atoms with E-state index in [2.05, 4.69) is 0 Å². The number of benzene rings is 1. The van der Waals surface area contributed by atoms with Crippen LogP contribution in [0.3, 0.4) is 0 Å². The third-order valence-corrected chi connectivity index (χ3v) is 5.60. The van der Waals surface area contributed by atoms with E-state index < -0.39 is 85.3 Å². The molecular weight excluding hydrogens is 448 g/mol. The summed E-state index contributed by atoms with van der Waals surface area (Å²) in [5.74, 6) is -2.02. The SMILES string of the molecule is CC(=O)c1c(O)cc(OC2OC(CO)C(O)C(O)[C@H]2OC2OC(C)C(O)C(O)C2O)cc1O.